The van der Waals surface area contributed by atoms with Gasteiger partial charge in [-0.3, -0.25) is 4.98 Å². The number of hydrogen-bond acceptors (Lipinski definition) is 2. The average Bonchev–Trinajstić information content (AvgIpc) is 2.44. The molecule has 0 saturated heterocycles. The number of pyridine rings is 1. The van der Waals surface area contributed by atoms with Crippen molar-refractivity contribution in [2.75, 3.05) is 0 Å². The van der Waals surface area contributed by atoms with Crippen LogP contribution in [0.2, 0.25) is 0 Å². The maximum atomic E-state index is 14.0. The molecule has 19 heavy (non-hydrogen) atoms. The summed E-state index contributed by atoms with van der Waals surface area (Å²) in [5, 5.41) is 0. The van der Waals surface area contributed by atoms with Gasteiger partial charge in [0.25, 0.3) is 0 Å². The lowest BCUT2D eigenvalue weighted by atomic mass is 9.94. The fourth-order valence-corrected chi connectivity index (χ4v) is 2.11. The van der Waals surface area contributed by atoms with E-state index in [2.05, 4.69) is 4.98 Å². The highest BCUT2D eigenvalue weighted by Gasteiger charge is 2.19. The molecule has 2 rings (SSSR count). The summed E-state index contributed by atoms with van der Waals surface area (Å²) in [6.45, 7) is 3.50. The summed E-state index contributed by atoms with van der Waals surface area (Å²) in [4.78, 5) is 4.02. The molecule has 1 aromatic carbocycles. The quantitative estimate of drug-likeness (QED) is 0.922. The maximum Gasteiger partial charge on any atom is 0.164 e. The monoisotopic (exact) mass is 262 g/mol. The van der Waals surface area contributed by atoms with E-state index in [-0.39, 0.29) is 11.1 Å². The summed E-state index contributed by atoms with van der Waals surface area (Å²) in [7, 11) is 0. The van der Waals surface area contributed by atoms with Crippen molar-refractivity contribution in [2.45, 2.75) is 26.3 Å². The minimum Gasteiger partial charge on any atom is -0.320 e. The molecule has 2 aromatic rings. The fraction of sp³-hybridized carbons (Fsp3) is 0.267. The van der Waals surface area contributed by atoms with Gasteiger partial charge in [-0.25, -0.2) is 8.78 Å². The van der Waals surface area contributed by atoms with Crippen molar-refractivity contribution in [3.63, 3.8) is 0 Å². The normalized spacial score (nSPS) is 12.5. The van der Waals surface area contributed by atoms with Gasteiger partial charge in [-0.2, -0.15) is 0 Å². The standard InChI is InChI=1S/C15H16F2N2/c1-3-10-8-19-7-6-11(10)15(18)12-5-4-9(2)13(16)14(12)17/h4-8,15H,3,18H2,1-2H3. The number of nitrogens with two attached hydrogens (primary N) is 1. The van der Waals surface area contributed by atoms with Gasteiger partial charge in [-0.15, -0.1) is 0 Å². The van der Waals surface area contributed by atoms with E-state index in [0.717, 1.165) is 17.5 Å². The third-order valence-corrected chi connectivity index (χ3v) is 3.30. The molecular weight excluding hydrogens is 246 g/mol. The van der Waals surface area contributed by atoms with Crippen LogP contribution in [0, 0.1) is 18.6 Å². The van der Waals surface area contributed by atoms with E-state index in [1.54, 1.807) is 24.5 Å². The van der Waals surface area contributed by atoms with E-state index >= 15 is 0 Å². The van der Waals surface area contributed by atoms with E-state index in [0.29, 0.717) is 0 Å². The topological polar surface area (TPSA) is 38.9 Å². The first kappa shape index (κ1) is 13.6. The number of rotatable bonds is 3. The summed E-state index contributed by atoms with van der Waals surface area (Å²) in [5.74, 6) is -1.70. The summed E-state index contributed by atoms with van der Waals surface area (Å²) in [6.07, 6.45) is 4.06. The molecule has 0 amide bonds. The van der Waals surface area contributed by atoms with Crippen molar-refractivity contribution >= 4 is 0 Å². The van der Waals surface area contributed by atoms with E-state index in [1.807, 2.05) is 6.92 Å². The molecule has 100 valence electrons. The van der Waals surface area contributed by atoms with Crippen molar-refractivity contribution in [3.05, 3.63) is 64.5 Å². The van der Waals surface area contributed by atoms with Crippen LogP contribution < -0.4 is 5.73 Å². The highest BCUT2D eigenvalue weighted by molar-refractivity contribution is 5.37. The van der Waals surface area contributed by atoms with Crippen LogP contribution in [0.15, 0.2) is 30.6 Å². The number of benzene rings is 1. The minimum absolute atomic E-state index is 0.170. The Hall–Kier alpha value is -1.81. The first-order valence-corrected chi connectivity index (χ1v) is 6.19. The van der Waals surface area contributed by atoms with Gasteiger partial charge in [0, 0.05) is 18.0 Å². The first-order valence-electron chi connectivity index (χ1n) is 6.19. The molecule has 1 heterocycles. The molecule has 0 saturated carbocycles. The Morgan fingerprint density at radius 2 is 1.89 bits per heavy atom. The van der Waals surface area contributed by atoms with E-state index < -0.39 is 17.7 Å². The van der Waals surface area contributed by atoms with Gasteiger partial charge in [0.1, 0.15) is 0 Å². The third kappa shape index (κ3) is 2.49. The lowest BCUT2D eigenvalue weighted by Gasteiger charge is -2.17. The average molecular weight is 262 g/mol. The Bertz CT molecular complexity index is 597. The first-order chi connectivity index (χ1) is 9.06. The highest BCUT2D eigenvalue weighted by Crippen LogP contribution is 2.27. The van der Waals surface area contributed by atoms with Gasteiger partial charge in [0.15, 0.2) is 11.6 Å². The molecule has 0 bridgehead atoms. The molecule has 1 atom stereocenters. The Morgan fingerprint density at radius 3 is 2.58 bits per heavy atom. The van der Waals surface area contributed by atoms with Crippen LogP contribution >= 0.6 is 0 Å². The smallest absolute Gasteiger partial charge is 0.164 e. The molecule has 0 aliphatic rings. The summed E-state index contributed by atoms with van der Waals surface area (Å²) < 4.78 is 27.6. The third-order valence-electron chi connectivity index (χ3n) is 3.30. The zero-order valence-electron chi connectivity index (χ0n) is 11.0. The van der Waals surface area contributed by atoms with Crippen LogP contribution in [0.1, 0.15) is 35.2 Å². The number of nitrogens with zero attached hydrogens (tertiary/aromatic N) is 1. The molecule has 0 aliphatic heterocycles. The lowest BCUT2D eigenvalue weighted by Crippen LogP contribution is -2.16. The van der Waals surface area contributed by atoms with Crippen LogP contribution in [0.25, 0.3) is 0 Å². The Balaban J connectivity index is 2.50. The van der Waals surface area contributed by atoms with Crippen molar-refractivity contribution < 1.29 is 8.78 Å². The van der Waals surface area contributed by atoms with Crippen LogP contribution in [0.3, 0.4) is 0 Å². The summed E-state index contributed by atoms with van der Waals surface area (Å²) in [6, 6.07) is 4.15. The SMILES string of the molecule is CCc1cnccc1C(N)c1ccc(C)c(F)c1F. The predicted octanol–water partition coefficient (Wildman–Crippen LogP) is 3.28. The van der Waals surface area contributed by atoms with E-state index in [4.69, 9.17) is 5.73 Å². The fourth-order valence-electron chi connectivity index (χ4n) is 2.11. The van der Waals surface area contributed by atoms with E-state index in [1.165, 1.54) is 13.0 Å². The van der Waals surface area contributed by atoms with E-state index in [9.17, 15) is 8.78 Å². The maximum absolute atomic E-state index is 14.0. The second kappa shape index (κ2) is 5.45. The Labute approximate surface area is 111 Å². The van der Waals surface area contributed by atoms with Gasteiger partial charge in [-0.1, -0.05) is 19.1 Å². The molecule has 4 heteroatoms. The van der Waals surface area contributed by atoms with Crippen LogP contribution in [-0.2, 0) is 6.42 Å². The Morgan fingerprint density at radius 1 is 1.16 bits per heavy atom. The number of hydrogen-bond donors (Lipinski definition) is 1. The lowest BCUT2D eigenvalue weighted by molar-refractivity contribution is 0.489. The molecule has 0 fully saturated rings. The van der Waals surface area contributed by atoms with Crippen LogP contribution in [-0.4, -0.2) is 4.98 Å². The number of aryl methyl sites for hydroxylation is 2. The second-order valence-corrected chi connectivity index (χ2v) is 4.51. The van der Waals surface area contributed by atoms with Crippen molar-refractivity contribution in [3.8, 4) is 0 Å². The van der Waals surface area contributed by atoms with Gasteiger partial charge >= 0.3 is 0 Å². The van der Waals surface area contributed by atoms with Crippen LogP contribution in [0.4, 0.5) is 8.78 Å². The molecule has 0 aliphatic carbocycles. The van der Waals surface area contributed by atoms with Gasteiger partial charge < -0.3 is 5.73 Å². The molecular formula is C15H16F2N2. The molecule has 0 radical (unpaired) electrons. The molecule has 2 N–H and O–H groups in total. The number of halogens is 2. The van der Waals surface area contributed by atoms with Gasteiger partial charge in [0.05, 0.1) is 6.04 Å². The van der Waals surface area contributed by atoms with Crippen molar-refractivity contribution in [1.82, 2.24) is 4.98 Å². The van der Waals surface area contributed by atoms with Gasteiger partial charge in [0.2, 0.25) is 0 Å². The minimum atomic E-state index is -0.869. The summed E-state index contributed by atoms with van der Waals surface area (Å²) >= 11 is 0. The molecule has 1 aromatic heterocycles. The Kier molecular flexibility index (Phi) is 3.90. The zero-order chi connectivity index (χ0) is 14.0. The number of aromatic nitrogens is 1. The van der Waals surface area contributed by atoms with Gasteiger partial charge in [-0.05, 0) is 36.1 Å². The molecule has 0 spiro atoms. The zero-order valence-corrected chi connectivity index (χ0v) is 11.0. The highest BCUT2D eigenvalue weighted by atomic mass is 19.2. The second-order valence-electron chi connectivity index (χ2n) is 4.51. The van der Waals surface area contributed by atoms with Crippen molar-refractivity contribution in [2.24, 2.45) is 5.73 Å². The predicted molar refractivity (Wildman–Crippen MR) is 70.7 cm³/mol. The largest absolute Gasteiger partial charge is 0.320 e. The molecule has 2 nitrogen and oxygen atoms in total. The van der Waals surface area contributed by atoms with Crippen LogP contribution in [0.5, 0.6) is 0 Å². The van der Waals surface area contributed by atoms with Crippen molar-refractivity contribution in [1.29, 1.82) is 0 Å². The molecule has 1 unspecified atom stereocenters. The summed E-state index contributed by atoms with van der Waals surface area (Å²) in [5.41, 5.74) is 8.24.